The van der Waals surface area contributed by atoms with E-state index in [-0.39, 0.29) is 29.9 Å². The second kappa shape index (κ2) is 10.9. The maximum atomic E-state index is 12.7. The summed E-state index contributed by atoms with van der Waals surface area (Å²) in [5, 5.41) is 21.7. The molecule has 210 valence electrons. The first-order chi connectivity index (χ1) is 19.6. The number of aldehydes is 1. The molecule has 4 N–H and O–H groups in total. The van der Waals surface area contributed by atoms with Crippen LogP contribution in [0.4, 0.5) is 0 Å². The number of carboxylic acids is 2. The molecule has 4 heterocycles. The minimum absolute atomic E-state index is 0.0801. The Bertz CT molecular complexity index is 1650. The molecule has 0 saturated heterocycles. The normalized spacial score (nSPS) is 22.2. The first-order valence-electron chi connectivity index (χ1n) is 13.9. The number of nitrogens with zero attached hydrogens (tertiary/aromatic N) is 2. The number of rotatable bonds is 7. The molecule has 0 aromatic rings. The minimum atomic E-state index is -1.11. The van der Waals surface area contributed by atoms with Crippen molar-refractivity contribution < 1.29 is 29.9 Å². The monoisotopic (exact) mass is 552 g/mol. The molecule has 0 saturated carbocycles. The summed E-state index contributed by atoms with van der Waals surface area (Å²) in [7, 11) is 0. The third-order valence-electron chi connectivity index (χ3n) is 8.60. The first-order valence-corrected chi connectivity index (χ1v) is 13.9. The Hall–Kier alpha value is -4.43. The average molecular weight is 553 g/mol. The standard InChI is InChI=1S/C33H33N3O5/c1-6-22-18(5)27-14-29-23(7-2)17(4)26(35-29)13-21-10-19(8-9-30(38)39)32(34-21)25(15-37)24-11-20(12-28(22)36-27)16(3)31(24)33(40)41/h7,12-15,19,35H,2,6,8-11H2,1,3-5H3,(H,38,39)(H,40,41)/p+1. The number of allylic oxidation sites excluding steroid dienone is 12. The molecule has 8 nitrogen and oxygen atoms in total. The summed E-state index contributed by atoms with van der Waals surface area (Å²) in [6, 6.07) is 0. The Morgan fingerprint density at radius 2 is 1.80 bits per heavy atom. The molecule has 1 aliphatic carbocycles. The molecule has 0 aromatic heterocycles. The predicted molar refractivity (Wildman–Crippen MR) is 157 cm³/mol. The third kappa shape index (κ3) is 4.89. The molecule has 41 heavy (non-hydrogen) atoms. The van der Waals surface area contributed by atoms with E-state index in [2.05, 4.69) is 31.8 Å². The molecule has 8 bridgehead atoms. The molecule has 8 heteroatoms. The predicted octanol–water partition coefficient (Wildman–Crippen LogP) is 4.79. The van der Waals surface area contributed by atoms with E-state index in [1.807, 2.05) is 25.2 Å². The number of carbonyl (C=O) groups excluding carboxylic acids is 1. The van der Waals surface area contributed by atoms with Crippen molar-refractivity contribution >= 4 is 29.6 Å². The van der Waals surface area contributed by atoms with Gasteiger partial charge in [-0.2, -0.15) is 0 Å². The summed E-state index contributed by atoms with van der Waals surface area (Å²) in [5.41, 5.74) is 11.1. The van der Waals surface area contributed by atoms with Gasteiger partial charge < -0.3 is 10.2 Å². The molecule has 0 amide bonds. The summed E-state index contributed by atoms with van der Waals surface area (Å²) >= 11 is 0. The van der Waals surface area contributed by atoms with Gasteiger partial charge in [0.05, 0.1) is 22.7 Å². The van der Waals surface area contributed by atoms with Gasteiger partial charge in [-0.25, -0.2) is 9.79 Å². The van der Waals surface area contributed by atoms with Crippen LogP contribution in [-0.4, -0.2) is 39.9 Å². The molecule has 0 aromatic carbocycles. The Morgan fingerprint density at radius 1 is 1.05 bits per heavy atom. The molecule has 1 atom stereocenters. The zero-order valence-corrected chi connectivity index (χ0v) is 23.8. The molecule has 5 rings (SSSR count). The molecule has 0 spiro atoms. The van der Waals surface area contributed by atoms with Crippen LogP contribution >= 0.6 is 0 Å². The maximum Gasteiger partial charge on any atom is 0.336 e. The van der Waals surface area contributed by atoms with Gasteiger partial charge in [-0.15, -0.1) is 0 Å². The molecular formula is C33H34N3O5+. The third-order valence-corrected chi connectivity index (χ3v) is 8.60. The van der Waals surface area contributed by atoms with E-state index >= 15 is 0 Å². The van der Waals surface area contributed by atoms with Crippen molar-refractivity contribution in [1.29, 1.82) is 0 Å². The van der Waals surface area contributed by atoms with Crippen LogP contribution in [0.25, 0.3) is 0 Å². The summed E-state index contributed by atoms with van der Waals surface area (Å²) in [4.78, 5) is 46.5. The average Bonchev–Trinajstić information content (AvgIpc) is 3.63. The Morgan fingerprint density at radius 3 is 2.44 bits per heavy atom. The van der Waals surface area contributed by atoms with E-state index < -0.39 is 11.9 Å². The quantitative estimate of drug-likeness (QED) is 0.391. The van der Waals surface area contributed by atoms with Crippen LogP contribution in [0.15, 0.2) is 114 Å². The van der Waals surface area contributed by atoms with Crippen LogP contribution in [0, 0.1) is 5.92 Å². The van der Waals surface area contributed by atoms with Crippen LogP contribution in [0.1, 0.15) is 59.8 Å². The fraction of sp³-hybridized carbons (Fsp3) is 0.303. The lowest BCUT2D eigenvalue weighted by Gasteiger charge is -2.14. The van der Waals surface area contributed by atoms with Gasteiger partial charge in [0.25, 0.3) is 0 Å². The van der Waals surface area contributed by atoms with Crippen molar-refractivity contribution in [2.75, 3.05) is 0 Å². The van der Waals surface area contributed by atoms with Gasteiger partial charge in [0, 0.05) is 46.9 Å². The number of hydrogen-bond donors (Lipinski definition) is 3. The number of carboxylic acid groups (broad SMARTS) is 2. The molecular weight excluding hydrogens is 518 g/mol. The number of aliphatic carboxylic acids is 2. The first kappa shape index (κ1) is 28.1. The molecule has 5 aliphatic rings. The summed E-state index contributed by atoms with van der Waals surface area (Å²) in [6.45, 7) is 12.0. The van der Waals surface area contributed by atoms with Crippen LogP contribution in [0.3, 0.4) is 0 Å². The van der Waals surface area contributed by atoms with Crippen LogP contribution < -0.4 is 5.32 Å². The van der Waals surface area contributed by atoms with Gasteiger partial charge in [-0.3, -0.25) is 19.9 Å². The minimum Gasteiger partial charge on any atom is -0.481 e. The largest absolute Gasteiger partial charge is 0.481 e. The van der Waals surface area contributed by atoms with E-state index in [9.17, 15) is 24.6 Å². The van der Waals surface area contributed by atoms with E-state index in [1.54, 1.807) is 6.92 Å². The SMILES string of the molecule is C=CC1=C2C=C3N=C(C=C4CC(=C(C=O)C5=NC(=CC(=C1C)[NH2+]2)CC5CCC(=O)O)C(C(=O)O)=C4C)C(CC)=C3C. The summed E-state index contributed by atoms with van der Waals surface area (Å²) in [5.74, 6) is -2.36. The zero-order valence-electron chi connectivity index (χ0n) is 23.8. The number of carbonyl (C=O) groups is 3. The van der Waals surface area contributed by atoms with Gasteiger partial charge >= 0.3 is 11.9 Å². The smallest absolute Gasteiger partial charge is 0.336 e. The topological polar surface area (TPSA) is 133 Å². The number of hydrogen-bond acceptors (Lipinski definition) is 5. The summed E-state index contributed by atoms with van der Waals surface area (Å²) in [6.07, 6.45) is 10.2. The van der Waals surface area contributed by atoms with E-state index in [0.717, 1.165) is 62.8 Å². The van der Waals surface area contributed by atoms with Crippen molar-refractivity contribution in [3.63, 3.8) is 0 Å². The molecule has 1 unspecified atom stereocenters. The number of nitrogens with two attached hydrogens (primary N) is 1. The van der Waals surface area contributed by atoms with E-state index in [1.165, 1.54) is 0 Å². The lowest BCUT2D eigenvalue weighted by molar-refractivity contribution is -0.541. The van der Waals surface area contributed by atoms with Crippen molar-refractivity contribution in [3.05, 3.63) is 104 Å². The fourth-order valence-electron chi connectivity index (χ4n) is 6.40. The molecule has 0 radical (unpaired) electrons. The molecule has 0 fully saturated rings. The highest BCUT2D eigenvalue weighted by Crippen LogP contribution is 2.42. The number of aliphatic imine (C=N–C) groups is 2. The maximum absolute atomic E-state index is 12.7. The number of quaternary nitrogens is 1. The van der Waals surface area contributed by atoms with E-state index in [4.69, 9.17) is 9.98 Å². The van der Waals surface area contributed by atoms with Gasteiger partial charge in [0.15, 0.2) is 6.29 Å². The van der Waals surface area contributed by atoms with Gasteiger partial charge in [0.2, 0.25) is 0 Å². The van der Waals surface area contributed by atoms with Crippen LogP contribution in [0.2, 0.25) is 0 Å². The van der Waals surface area contributed by atoms with Crippen LogP contribution in [-0.2, 0) is 14.4 Å². The van der Waals surface area contributed by atoms with Gasteiger partial charge in [-0.05, 0) is 80.4 Å². The Balaban J connectivity index is 1.79. The fourth-order valence-corrected chi connectivity index (χ4v) is 6.40. The highest BCUT2D eigenvalue weighted by Gasteiger charge is 2.36. The van der Waals surface area contributed by atoms with Gasteiger partial charge in [0.1, 0.15) is 11.4 Å². The Labute approximate surface area is 239 Å². The van der Waals surface area contributed by atoms with E-state index in [0.29, 0.717) is 36.0 Å². The summed E-state index contributed by atoms with van der Waals surface area (Å²) < 4.78 is 0. The van der Waals surface area contributed by atoms with Crippen molar-refractivity contribution in [2.24, 2.45) is 15.9 Å². The second-order valence-corrected chi connectivity index (χ2v) is 10.9. The van der Waals surface area contributed by atoms with Crippen molar-refractivity contribution in [1.82, 2.24) is 0 Å². The second-order valence-electron chi connectivity index (χ2n) is 10.9. The van der Waals surface area contributed by atoms with Gasteiger partial charge in [-0.1, -0.05) is 19.6 Å². The Kier molecular flexibility index (Phi) is 7.44. The van der Waals surface area contributed by atoms with Crippen molar-refractivity contribution in [3.8, 4) is 0 Å². The lowest BCUT2D eigenvalue weighted by Crippen LogP contribution is -2.78. The highest BCUT2D eigenvalue weighted by atomic mass is 16.4. The number of fused-ring (bicyclic) bond motifs is 6. The lowest BCUT2D eigenvalue weighted by atomic mass is 9.87. The molecule has 4 aliphatic heterocycles. The zero-order chi connectivity index (χ0) is 29.6. The van der Waals surface area contributed by atoms with Crippen LogP contribution in [0.5, 0.6) is 0 Å². The highest BCUT2D eigenvalue weighted by molar-refractivity contribution is 6.20. The van der Waals surface area contributed by atoms with Crippen molar-refractivity contribution in [2.45, 2.75) is 59.8 Å².